The summed E-state index contributed by atoms with van der Waals surface area (Å²) in [6.45, 7) is 7.30. The number of aromatic nitrogens is 1. The van der Waals surface area contributed by atoms with E-state index in [4.69, 9.17) is 6.57 Å². The van der Waals surface area contributed by atoms with Gasteiger partial charge in [-0.2, -0.15) is 0 Å². The van der Waals surface area contributed by atoms with Crippen LogP contribution < -0.4 is 10.2 Å². The lowest BCUT2D eigenvalue weighted by atomic mass is 9.76. The highest BCUT2D eigenvalue weighted by Crippen LogP contribution is 3.02. The van der Waals surface area contributed by atoms with Gasteiger partial charge in [0.1, 0.15) is 23.0 Å². The first-order chi connectivity index (χ1) is 18.4. The Morgan fingerprint density at radius 3 is 2.23 bits per heavy atom. The molecule has 2 aromatic rings. The number of amides is 2. The monoisotopic (exact) mass is 594 g/mol. The quantitative estimate of drug-likeness (QED) is 0.296. The highest BCUT2D eigenvalue weighted by atomic mass is 32.5. The molecule has 7 nitrogen and oxygen atoms in total. The molecule has 2 N–H and O–H groups in total. The molecule has 0 spiro atoms. The fraction of sp³-hybridized carbons (Fsp3) is 0.440. The molecule has 40 heavy (non-hydrogen) atoms. The van der Waals surface area contributed by atoms with E-state index in [-0.39, 0.29) is 42.6 Å². The summed E-state index contributed by atoms with van der Waals surface area (Å²) in [6.07, 6.45) is 0.128. The zero-order valence-corrected chi connectivity index (χ0v) is 21.5. The summed E-state index contributed by atoms with van der Waals surface area (Å²) in [5.74, 6) is -5.82. The maximum absolute atomic E-state index is 13.8. The molecule has 2 amide bonds. The standard InChI is InChI=1S/C25H25F7N4O3S/c1-33-21-19(13-20(21)37)24(39)36(17-4-6-18(7-5-17)40(28,29,30,31)32)22(15-3-2-12-34-14-15)23(38)35-16-8-10-25(26,27)11-9-16/h2-7,12,14,16,19-22,37H,8-11,13H2,(H,35,38). The second-order valence-corrected chi connectivity index (χ2v) is 12.4. The van der Waals surface area contributed by atoms with Crippen molar-refractivity contribution in [3.63, 3.8) is 0 Å². The molecule has 2 fully saturated rings. The molecule has 0 bridgehead atoms. The van der Waals surface area contributed by atoms with Crippen molar-refractivity contribution in [2.45, 2.75) is 67.2 Å². The highest BCUT2D eigenvalue weighted by Gasteiger charge is 2.65. The molecule has 15 heteroatoms. The van der Waals surface area contributed by atoms with Crippen molar-refractivity contribution in [3.8, 4) is 0 Å². The number of aliphatic hydroxyl groups is 1. The number of hydrogen-bond acceptors (Lipinski definition) is 4. The van der Waals surface area contributed by atoms with Gasteiger partial charge in [-0.25, -0.2) is 15.4 Å². The van der Waals surface area contributed by atoms with Crippen LogP contribution in [0.25, 0.3) is 4.85 Å². The molecule has 2 aliphatic carbocycles. The largest absolute Gasteiger partial charge is 0.385 e. The van der Waals surface area contributed by atoms with E-state index in [1.54, 1.807) is 0 Å². The first kappa shape index (κ1) is 29.6. The second-order valence-electron chi connectivity index (χ2n) is 10.0. The van der Waals surface area contributed by atoms with E-state index in [0.29, 0.717) is 12.1 Å². The number of pyridine rings is 1. The minimum absolute atomic E-state index is 0.0698. The Bertz CT molecular complexity index is 1310. The molecule has 4 unspecified atom stereocenters. The third kappa shape index (κ3) is 6.33. The van der Waals surface area contributed by atoms with Crippen LogP contribution >= 0.6 is 10.2 Å². The lowest BCUT2D eigenvalue weighted by Crippen LogP contribution is -2.56. The van der Waals surface area contributed by atoms with Crippen LogP contribution in [0.1, 0.15) is 43.7 Å². The lowest BCUT2D eigenvalue weighted by Gasteiger charge is -2.41. The Hall–Kier alpha value is -3.38. The predicted octanol–water partition coefficient (Wildman–Crippen LogP) is 6.18. The van der Waals surface area contributed by atoms with Gasteiger partial charge in [-0.15, -0.1) is 0 Å². The molecule has 1 aromatic carbocycles. The number of carbonyl (C=O) groups is 2. The molecule has 2 saturated carbocycles. The summed E-state index contributed by atoms with van der Waals surface area (Å²) >= 11 is 0. The normalized spacial score (nSPS) is 25.3. The zero-order valence-electron chi connectivity index (χ0n) is 20.7. The van der Waals surface area contributed by atoms with Gasteiger partial charge in [0.15, 0.2) is 0 Å². The Morgan fingerprint density at radius 1 is 1.10 bits per heavy atom. The minimum Gasteiger partial charge on any atom is -0.385 e. The first-order valence-electron chi connectivity index (χ1n) is 12.2. The van der Waals surface area contributed by atoms with Crippen LogP contribution in [0.2, 0.25) is 0 Å². The number of anilines is 1. The van der Waals surface area contributed by atoms with E-state index in [0.717, 1.165) is 4.90 Å². The maximum atomic E-state index is 13.8. The predicted molar refractivity (Wildman–Crippen MR) is 132 cm³/mol. The number of aliphatic hydroxyl groups excluding tert-OH is 1. The van der Waals surface area contributed by atoms with Crippen LogP contribution in [0, 0.1) is 12.5 Å². The summed E-state index contributed by atoms with van der Waals surface area (Å²) in [7, 11) is -10.1. The van der Waals surface area contributed by atoms with Gasteiger partial charge in [-0.3, -0.25) is 19.5 Å². The van der Waals surface area contributed by atoms with Crippen molar-refractivity contribution in [2.75, 3.05) is 4.90 Å². The fourth-order valence-electron chi connectivity index (χ4n) is 4.90. The van der Waals surface area contributed by atoms with E-state index in [9.17, 15) is 42.9 Å². The summed E-state index contributed by atoms with van der Waals surface area (Å²) in [6, 6.07) is 0.746. The van der Waals surface area contributed by atoms with Crippen LogP contribution in [0.3, 0.4) is 0 Å². The number of rotatable bonds is 7. The van der Waals surface area contributed by atoms with Crippen molar-refractivity contribution in [2.24, 2.45) is 5.92 Å². The molecule has 4 atom stereocenters. The third-order valence-corrected chi connectivity index (χ3v) is 8.30. The number of nitrogens with one attached hydrogen (secondary N) is 1. The van der Waals surface area contributed by atoms with Gasteiger partial charge in [0.25, 0.3) is 6.04 Å². The molecular weight excluding hydrogens is 569 g/mol. The smallest absolute Gasteiger partial charge is 0.310 e. The lowest BCUT2D eigenvalue weighted by molar-refractivity contribution is -0.133. The van der Waals surface area contributed by atoms with E-state index < -0.39 is 75.8 Å². The summed E-state index contributed by atoms with van der Waals surface area (Å²) in [5.41, 5.74) is -0.273. The molecular formula is C25H25F7N4O3S. The van der Waals surface area contributed by atoms with E-state index in [1.807, 2.05) is 0 Å². The number of benzene rings is 1. The summed E-state index contributed by atoms with van der Waals surface area (Å²) < 4.78 is 94.2. The van der Waals surface area contributed by atoms with Gasteiger partial charge in [0, 0.05) is 48.9 Å². The summed E-state index contributed by atoms with van der Waals surface area (Å²) in [5, 5.41) is 12.6. The number of halogens is 7. The molecule has 1 aromatic heterocycles. The Balaban J connectivity index is 1.77. The van der Waals surface area contributed by atoms with Crippen LogP contribution in [0.5, 0.6) is 0 Å². The fourth-order valence-corrected chi connectivity index (χ4v) is 5.55. The van der Waals surface area contributed by atoms with Crippen LogP contribution in [-0.2, 0) is 9.59 Å². The minimum atomic E-state index is -10.1. The maximum Gasteiger partial charge on any atom is 0.310 e. The van der Waals surface area contributed by atoms with Crippen molar-refractivity contribution in [3.05, 3.63) is 65.8 Å². The van der Waals surface area contributed by atoms with Gasteiger partial charge in [0.05, 0.1) is 0 Å². The van der Waals surface area contributed by atoms with Crippen molar-refractivity contribution in [1.82, 2.24) is 10.3 Å². The second kappa shape index (κ2) is 9.62. The van der Waals surface area contributed by atoms with Gasteiger partial charge in [-0.05, 0) is 43.2 Å². The number of nitrogens with zero attached hydrogens (tertiary/aromatic N) is 3. The van der Waals surface area contributed by atoms with Gasteiger partial charge in [0.2, 0.25) is 17.7 Å². The number of hydrogen-bond donors (Lipinski definition) is 2. The SMILES string of the molecule is [C-]#[N+]C1C(O)CC1C(=O)N(c1ccc(S(F)(F)(F)(F)F)cc1)C(C(=O)NC1CCC(F)(F)CC1)c1cccnc1. The molecule has 2 aliphatic rings. The molecule has 218 valence electrons. The molecule has 0 aliphatic heterocycles. The molecule has 0 radical (unpaired) electrons. The highest BCUT2D eigenvalue weighted by molar-refractivity contribution is 8.45. The topological polar surface area (TPSA) is 86.9 Å². The van der Waals surface area contributed by atoms with Gasteiger partial charge in [-0.1, -0.05) is 25.5 Å². The van der Waals surface area contributed by atoms with E-state index in [1.165, 1.54) is 24.5 Å². The van der Waals surface area contributed by atoms with Gasteiger partial charge < -0.3 is 15.3 Å². The van der Waals surface area contributed by atoms with Crippen molar-refractivity contribution in [1.29, 1.82) is 0 Å². The van der Waals surface area contributed by atoms with Gasteiger partial charge >= 0.3 is 10.2 Å². The molecule has 1 heterocycles. The van der Waals surface area contributed by atoms with Crippen LogP contribution in [-0.4, -0.2) is 46.0 Å². The van der Waals surface area contributed by atoms with Crippen LogP contribution in [0.15, 0.2) is 53.7 Å². The Labute approximate surface area is 224 Å². The molecule has 0 saturated heterocycles. The first-order valence-corrected chi connectivity index (χ1v) is 14.2. The average Bonchev–Trinajstić information content (AvgIpc) is 2.86. The Morgan fingerprint density at radius 2 is 1.73 bits per heavy atom. The van der Waals surface area contributed by atoms with E-state index >= 15 is 0 Å². The van der Waals surface area contributed by atoms with E-state index in [2.05, 4.69) is 15.1 Å². The van der Waals surface area contributed by atoms with Crippen LogP contribution in [0.4, 0.5) is 33.9 Å². The average molecular weight is 595 g/mol. The summed E-state index contributed by atoms with van der Waals surface area (Å²) in [4.78, 5) is 33.1. The number of alkyl halides is 2. The zero-order chi connectivity index (χ0) is 29.6. The third-order valence-electron chi connectivity index (χ3n) is 7.14. The Kier molecular flexibility index (Phi) is 7.12. The number of carbonyl (C=O) groups excluding carboxylic acids is 2. The van der Waals surface area contributed by atoms with Crippen molar-refractivity contribution >= 4 is 27.7 Å². The molecule has 4 rings (SSSR count). The van der Waals surface area contributed by atoms with Crippen molar-refractivity contribution < 1.29 is 42.9 Å².